The molecule has 1 heterocycles. The number of nitrogens with zero attached hydrogens (tertiary/aromatic N) is 1. The maximum Gasteiger partial charge on any atom is 0.222 e. The van der Waals surface area contributed by atoms with Gasteiger partial charge in [-0.1, -0.05) is 23.3 Å². The third-order valence-corrected chi connectivity index (χ3v) is 4.51. The van der Waals surface area contributed by atoms with Crippen LogP contribution in [-0.4, -0.2) is 31.0 Å². The Morgan fingerprint density at radius 1 is 1.05 bits per heavy atom. The molecule has 0 spiro atoms. The summed E-state index contributed by atoms with van der Waals surface area (Å²) in [6, 6.07) is 7.99. The Hall–Kier alpha value is -1.77. The zero-order valence-electron chi connectivity index (χ0n) is 12.7. The number of carbonyl (C=O) groups is 1. The highest BCUT2D eigenvalue weighted by Crippen LogP contribution is 2.36. The molecule has 1 aromatic carbocycles. The van der Waals surface area contributed by atoms with Crippen molar-refractivity contribution in [2.75, 3.05) is 20.2 Å². The van der Waals surface area contributed by atoms with Gasteiger partial charge >= 0.3 is 0 Å². The van der Waals surface area contributed by atoms with E-state index in [1.165, 1.54) is 18.4 Å². The van der Waals surface area contributed by atoms with Crippen LogP contribution < -0.4 is 4.74 Å². The van der Waals surface area contributed by atoms with Crippen molar-refractivity contribution in [3.05, 3.63) is 41.0 Å². The SMILES string of the molecule is COc1ccc(CCC(=O)N2CCC(=C3CC3)CC2)cc1. The lowest BCUT2D eigenvalue weighted by atomic mass is 10.0. The van der Waals surface area contributed by atoms with E-state index in [0.717, 1.165) is 38.1 Å². The lowest BCUT2D eigenvalue weighted by molar-refractivity contribution is -0.131. The van der Waals surface area contributed by atoms with Gasteiger partial charge in [-0.2, -0.15) is 0 Å². The number of ether oxygens (including phenoxy) is 1. The zero-order chi connectivity index (χ0) is 14.7. The van der Waals surface area contributed by atoms with E-state index in [9.17, 15) is 4.79 Å². The summed E-state index contributed by atoms with van der Waals surface area (Å²) in [5.74, 6) is 1.16. The lowest BCUT2D eigenvalue weighted by Crippen LogP contribution is -2.36. The summed E-state index contributed by atoms with van der Waals surface area (Å²) in [6.45, 7) is 1.83. The van der Waals surface area contributed by atoms with Crippen LogP contribution in [0.5, 0.6) is 5.75 Å². The van der Waals surface area contributed by atoms with Gasteiger partial charge in [0.1, 0.15) is 5.75 Å². The van der Waals surface area contributed by atoms with Crippen LogP contribution >= 0.6 is 0 Å². The van der Waals surface area contributed by atoms with Gasteiger partial charge < -0.3 is 9.64 Å². The first-order valence-corrected chi connectivity index (χ1v) is 7.87. The Kier molecular flexibility index (Phi) is 4.28. The maximum absolute atomic E-state index is 12.3. The number of hydrogen-bond acceptors (Lipinski definition) is 2. The fraction of sp³-hybridized carbons (Fsp3) is 0.500. The third kappa shape index (κ3) is 3.66. The van der Waals surface area contributed by atoms with E-state index >= 15 is 0 Å². The number of aryl methyl sites for hydroxylation is 1. The standard InChI is InChI=1S/C18H23NO2/c1-21-17-7-2-14(3-8-17)4-9-18(20)19-12-10-16(11-13-19)15-5-6-15/h2-3,7-8H,4-6,9-13H2,1H3. The zero-order valence-corrected chi connectivity index (χ0v) is 12.7. The molecule has 0 bridgehead atoms. The summed E-state index contributed by atoms with van der Waals surface area (Å²) < 4.78 is 5.14. The van der Waals surface area contributed by atoms with E-state index < -0.39 is 0 Å². The van der Waals surface area contributed by atoms with Crippen molar-refractivity contribution in [1.29, 1.82) is 0 Å². The number of carbonyl (C=O) groups excluding carboxylic acids is 1. The molecule has 3 rings (SSSR count). The number of methoxy groups -OCH3 is 1. The van der Waals surface area contributed by atoms with Crippen molar-refractivity contribution in [2.24, 2.45) is 0 Å². The lowest BCUT2D eigenvalue weighted by Gasteiger charge is -2.28. The maximum atomic E-state index is 12.3. The molecule has 0 unspecified atom stereocenters. The van der Waals surface area contributed by atoms with Crippen LogP contribution in [0.2, 0.25) is 0 Å². The summed E-state index contributed by atoms with van der Waals surface area (Å²) in [4.78, 5) is 14.3. The molecule has 112 valence electrons. The summed E-state index contributed by atoms with van der Waals surface area (Å²) in [5, 5.41) is 0. The molecule has 0 atom stereocenters. The van der Waals surface area contributed by atoms with Gasteiger partial charge in [-0.25, -0.2) is 0 Å². The molecule has 2 fully saturated rings. The Labute approximate surface area is 126 Å². The summed E-state index contributed by atoms with van der Waals surface area (Å²) in [6.07, 6.45) is 6.24. The first-order chi connectivity index (χ1) is 10.3. The molecule has 1 saturated carbocycles. The highest BCUT2D eigenvalue weighted by Gasteiger charge is 2.24. The molecule has 0 N–H and O–H groups in total. The van der Waals surface area contributed by atoms with E-state index in [0.29, 0.717) is 12.3 Å². The smallest absolute Gasteiger partial charge is 0.222 e. The topological polar surface area (TPSA) is 29.5 Å². The van der Waals surface area contributed by atoms with Crippen LogP contribution in [0.3, 0.4) is 0 Å². The fourth-order valence-corrected chi connectivity index (χ4v) is 3.00. The van der Waals surface area contributed by atoms with Crippen LogP contribution in [-0.2, 0) is 11.2 Å². The highest BCUT2D eigenvalue weighted by molar-refractivity contribution is 5.76. The van der Waals surface area contributed by atoms with Gasteiger partial charge in [-0.3, -0.25) is 4.79 Å². The van der Waals surface area contributed by atoms with Gasteiger partial charge in [0.15, 0.2) is 0 Å². The Morgan fingerprint density at radius 3 is 2.24 bits per heavy atom. The summed E-state index contributed by atoms with van der Waals surface area (Å²) >= 11 is 0. The second-order valence-electron chi connectivity index (χ2n) is 5.94. The third-order valence-electron chi connectivity index (χ3n) is 4.51. The predicted octanol–water partition coefficient (Wildman–Crippen LogP) is 3.34. The van der Waals surface area contributed by atoms with Gasteiger partial charge in [0.2, 0.25) is 5.91 Å². The molecule has 0 aromatic heterocycles. The monoisotopic (exact) mass is 285 g/mol. The highest BCUT2D eigenvalue weighted by atomic mass is 16.5. The molecule has 1 aromatic rings. The van der Waals surface area contributed by atoms with Crippen LogP contribution in [0.1, 0.15) is 37.7 Å². The van der Waals surface area contributed by atoms with Gasteiger partial charge in [-0.05, 0) is 49.8 Å². The number of likely N-dealkylation sites (tertiary alicyclic amines) is 1. The molecular formula is C18H23NO2. The van der Waals surface area contributed by atoms with E-state index in [1.54, 1.807) is 18.3 Å². The first-order valence-electron chi connectivity index (χ1n) is 7.87. The Balaban J connectivity index is 1.46. The van der Waals surface area contributed by atoms with E-state index in [1.807, 2.05) is 29.2 Å². The van der Waals surface area contributed by atoms with Crippen molar-refractivity contribution >= 4 is 5.91 Å². The second-order valence-corrected chi connectivity index (χ2v) is 5.94. The Morgan fingerprint density at radius 2 is 1.67 bits per heavy atom. The van der Waals surface area contributed by atoms with Crippen molar-refractivity contribution < 1.29 is 9.53 Å². The second kappa shape index (κ2) is 6.33. The first kappa shape index (κ1) is 14.2. The van der Waals surface area contributed by atoms with Crippen LogP contribution in [0, 0.1) is 0 Å². The van der Waals surface area contributed by atoms with Gasteiger partial charge in [-0.15, -0.1) is 0 Å². The summed E-state index contributed by atoms with van der Waals surface area (Å²) in [5.41, 5.74) is 4.50. The number of allylic oxidation sites excluding steroid dienone is 1. The molecule has 3 heteroatoms. The van der Waals surface area contributed by atoms with Crippen LogP contribution in [0.15, 0.2) is 35.4 Å². The van der Waals surface area contributed by atoms with Gasteiger partial charge in [0.25, 0.3) is 0 Å². The van der Waals surface area contributed by atoms with Crippen LogP contribution in [0.4, 0.5) is 0 Å². The molecular weight excluding hydrogens is 262 g/mol. The quantitative estimate of drug-likeness (QED) is 0.794. The van der Waals surface area contributed by atoms with E-state index in [2.05, 4.69) is 0 Å². The number of piperidine rings is 1. The van der Waals surface area contributed by atoms with Crippen molar-refractivity contribution in [3.63, 3.8) is 0 Å². The minimum Gasteiger partial charge on any atom is -0.497 e. The number of benzene rings is 1. The number of rotatable bonds is 4. The largest absolute Gasteiger partial charge is 0.497 e. The molecule has 21 heavy (non-hydrogen) atoms. The number of hydrogen-bond donors (Lipinski definition) is 0. The average molecular weight is 285 g/mol. The van der Waals surface area contributed by atoms with Crippen molar-refractivity contribution in [1.82, 2.24) is 4.90 Å². The van der Waals surface area contributed by atoms with Crippen molar-refractivity contribution in [3.8, 4) is 5.75 Å². The molecule has 1 aliphatic carbocycles. The van der Waals surface area contributed by atoms with Crippen molar-refractivity contribution in [2.45, 2.75) is 38.5 Å². The van der Waals surface area contributed by atoms with E-state index in [-0.39, 0.29) is 0 Å². The molecule has 3 nitrogen and oxygen atoms in total. The predicted molar refractivity (Wildman–Crippen MR) is 83.4 cm³/mol. The van der Waals surface area contributed by atoms with Gasteiger partial charge in [0, 0.05) is 19.5 Å². The molecule has 0 radical (unpaired) electrons. The number of amides is 1. The fourth-order valence-electron chi connectivity index (χ4n) is 3.00. The normalized spacial score (nSPS) is 17.9. The molecule has 1 amide bonds. The van der Waals surface area contributed by atoms with Gasteiger partial charge in [0.05, 0.1) is 7.11 Å². The molecule has 1 aliphatic heterocycles. The summed E-state index contributed by atoms with van der Waals surface area (Å²) in [7, 11) is 1.67. The Bertz CT molecular complexity index is 529. The molecule has 1 saturated heterocycles. The van der Waals surface area contributed by atoms with Crippen LogP contribution in [0.25, 0.3) is 0 Å². The van der Waals surface area contributed by atoms with E-state index in [4.69, 9.17) is 4.74 Å². The molecule has 2 aliphatic rings. The minimum absolute atomic E-state index is 0.297. The minimum atomic E-state index is 0.297. The average Bonchev–Trinajstić information content (AvgIpc) is 3.38.